The van der Waals surface area contributed by atoms with Crippen LogP contribution >= 0.6 is 0 Å². The number of benzene rings is 2. The topological polar surface area (TPSA) is 200 Å². The fourth-order valence-electron chi connectivity index (χ4n) is 4.58. The molecule has 0 unspecified atom stereocenters. The van der Waals surface area contributed by atoms with E-state index >= 15 is 0 Å². The summed E-state index contributed by atoms with van der Waals surface area (Å²) in [6, 6.07) is 9.04. The Morgan fingerprint density at radius 2 is 1.27 bits per heavy atom. The van der Waals surface area contributed by atoms with Crippen LogP contribution in [0.3, 0.4) is 0 Å². The number of ketones is 1. The molecule has 0 radical (unpaired) electrons. The van der Waals surface area contributed by atoms with Crippen molar-refractivity contribution in [1.82, 2.24) is 0 Å². The van der Waals surface area contributed by atoms with Crippen LogP contribution in [0.15, 0.2) is 60.4 Å². The van der Waals surface area contributed by atoms with Crippen LogP contribution in [-0.4, -0.2) is 91.9 Å². The second kappa shape index (κ2) is 17.4. The van der Waals surface area contributed by atoms with Gasteiger partial charge in [-0.05, 0) is 47.5 Å². The van der Waals surface area contributed by atoms with Crippen molar-refractivity contribution in [3.8, 4) is 23.0 Å². The molecule has 1 heterocycles. The molecule has 0 aliphatic carbocycles. The first-order valence-corrected chi connectivity index (χ1v) is 14.5. The van der Waals surface area contributed by atoms with Gasteiger partial charge in [-0.15, -0.1) is 0 Å². The van der Waals surface area contributed by atoms with E-state index < -0.39 is 60.4 Å². The highest BCUT2D eigenvalue weighted by Gasteiger charge is 2.56. The number of carbonyl (C=O) groups is 5. The predicted octanol–water partition coefficient (Wildman–Crippen LogP) is 3.22. The Labute approximate surface area is 281 Å². The first-order valence-electron chi connectivity index (χ1n) is 14.5. The van der Waals surface area contributed by atoms with Crippen LogP contribution in [-0.2, 0) is 47.7 Å². The third-order valence-electron chi connectivity index (χ3n) is 6.65. The third kappa shape index (κ3) is 10.6. The van der Waals surface area contributed by atoms with Crippen molar-refractivity contribution in [3.63, 3.8) is 0 Å². The molecule has 0 aromatic heterocycles. The summed E-state index contributed by atoms with van der Waals surface area (Å²) in [6.07, 6.45) is -1.43. The number of ether oxygens (including phenoxy) is 8. The highest BCUT2D eigenvalue weighted by atomic mass is 16.7. The van der Waals surface area contributed by atoms with Crippen molar-refractivity contribution in [3.05, 3.63) is 71.5 Å². The van der Waals surface area contributed by atoms with Gasteiger partial charge in [0.2, 0.25) is 12.4 Å². The van der Waals surface area contributed by atoms with E-state index in [4.69, 9.17) is 37.9 Å². The standard InChI is InChI=1S/C34H36O15/c1-18(35)45-29-30(46-19(2)36)32(47-20(3)37)34(49-31(29)33(41)44-6)48-26-14-10-22(16-28(26)43-5)8-12-24(39)17-23(38)11-7-21-9-13-25(40)27(15-21)42-4/h7-17,29-32,34,39-40H,1-6H3/b11-7+,12-8+,24-17?/t29-,30-,31-,32+,34+/m0/s1. The fraction of sp³-hybridized carbons (Fsp3) is 0.324. The second-order valence-electron chi connectivity index (χ2n) is 10.3. The Morgan fingerprint density at radius 3 is 1.86 bits per heavy atom. The lowest BCUT2D eigenvalue weighted by Gasteiger charge is -2.43. The van der Waals surface area contributed by atoms with Crippen LogP contribution in [0.1, 0.15) is 31.9 Å². The molecule has 2 aromatic carbocycles. The van der Waals surface area contributed by atoms with Crippen molar-refractivity contribution in [2.45, 2.75) is 51.5 Å². The lowest BCUT2D eigenvalue weighted by Crippen LogP contribution is -2.64. The van der Waals surface area contributed by atoms with Crippen LogP contribution in [0.4, 0.5) is 0 Å². The first kappa shape index (κ1) is 37.6. The van der Waals surface area contributed by atoms with Crippen LogP contribution in [0.5, 0.6) is 23.0 Å². The highest BCUT2D eigenvalue weighted by molar-refractivity contribution is 6.02. The molecule has 15 nitrogen and oxygen atoms in total. The summed E-state index contributed by atoms with van der Waals surface area (Å²) in [7, 11) is 3.80. The number of carbonyl (C=O) groups excluding carboxylic acids is 5. The second-order valence-corrected chi connectivity index (χ2v) is 10.3. The lowest BCUT2D eigenvalue weighted by atomic mass is 9.97. The first-order chi connectivity index (χ1) is 23.3. The number of methoxy groups -OCH3 is 3. The minimum absolute atomic E-state index is 0.0314. The van der Waals surface area contributed by atoms with Gasteiger partial charge in [0.25, 0.3) is 0 Å². The zero-order valence-corrected chi connectivity index (χ0v) is 27.4. The Bertz CT molecular complexity index is 1640. The Kier molecular flexibility index (Phi) is 13.3. The average Bonchev–Trinajstić information content (AvgIpc) is 3.05. The molecule has 5 atom stereocenters. The largest absolute Gasteiger partial charge is 0.508 e. The molecule has 1 fully saturated rings. The summed E-state index contributed by atoms with van der Waals surface area (Å²) >= 11 is 0. The molecule has 0 saturated carbocycles. The molecule has 3 rings (SSSR count). The maximum atomic E-state index is 12.7. The maximum absolute atomic E-state index is 12.7. The molecule has 262 valence electrons. The van der Waals surface area contributed by atoms with Gasteiger partial charge in [-0.25, -0.2) is 4.79 Å². The number of hydrogen-bond donors (Lipinski definition) is 2. The summed E-state index contributed by atoms with van der Waals surface area (Å²) in [5.74, 6) is -4.03. The molecule has 0 bridgehead atoms. The fourth-order valence-corrected chi connectivity index (χ4v) is 4.58. The van der Waals surface area contributed by atoms with Crippen molar-refractivity contribution in [2.24, 2.45) is 0 Å². The number of allylic oxidation sites excluding steroid dienone is 3. The zero-order chi connectivity index (χ0) is 36.2. The van der Waals surface area contributed by atoms with Gasteiger partial charge in [0.15, 0.2) is 47.1 Å². The van der Waals surface area contributed by atoms with Gasteiger partial charge in [-0.1, -0.05) is 24.3 Å². The summed E-state index contributed by atoms with van der Waals surface area (Å²) in [4.78, 5) is 61.0. The van der Waals surface area contributed by atoms with Crippen molar-refractivity contribution < 1.29 is 72.1 Å². The van der Waals surface area contributed by atoms with Gasteiger partial charge in [0, 0.05) is 26.8 Å². The highest BCUT2D eigenvalue weighted by Crippen LogP contribution is 2.35. The van der Waals surface area contributed by atoms with Gasteiger partial charge in [0.1, 0.15) is 5.76 Å². The molecular formula is C34H36O15. The Balaban J connectivity index is 1.85. The van der Waals surface area contributed by atoms with E-state index in [1.165, 1.54) is 62.8 Å². The number of phenolic OH excluding ortho intramolecular Hbond substituents is 1. The number of phenols is 1. The van der Waals surface area contributed by atoms with Gasteiger partial charge < -0.3 is 48.1 Å². The van der Waals surface area contributed by atoms with Crippen molar-refractivity contribution in [1.29, 1.82) is 0 Å². The molecule has 15 heteroatoms. The Hall–Kier alpha value is -5.83. The molecule has 0 amide bonds. The van der Waals surface area contributed by atoms with Crippen LogP contribution in [0.2, 0.25) is 0 Å². The number of aromatic hydroxyl groups is 1. The molecule has 2 N–H and O–H groups in total. The van der Waals surface area contributed by atoms with Crippen LogP contribution < -0.4 is 14.2 Å². The molecule has 1 saturated heterocycles. The van der Waals surface area contributed by atoms with Gasteiger partial charge in [-0.2, -0.15) is 0 Å². The van der Waals surface area contributed by atoms with E-state index in [1.807, 2.05) is 0 Å². The van der Waals surface area contributed by atoms with Crippen molar-refractivity contribution in [2.75, 3.05) is 21.3 Å². The van der Waals surface area contributed by atoms with E-state index in [2.05, 4.69) is 0 Å². The lowest BCUT2D eigenvalue weighted by molar-refractivity contribution is -0.282. The number of rotatable bonds is 13. The molecule has 1 aliphatic heterocycles. The van der Waals surface area contributed by atoms with Crippen LogP contribution in [0, 0.1) is 0 Å². The van der Waals surface area contributed by atoms with Crippen molar-refractivity contribution >= 4 is 41.8 Å². The average molecular weight is 685 g/mol. The quantitative estimate of drug-likeness (QED) is 0.102. The smallest absolute Gasteiger partial charge is 0.339 e. The molecule has 0 spiro atoms. The summed E-state index contributed by atoms with van der Waals surface area (Å²) in [5, 5.41) is 20.0. The van der Waals surface area contributed by atoms with Crippen LogP contribution in [0.25, 0.3) is 12.2 Å². The zero-order valence-electron chi connectivity index (χ0n) is 27.4. The summed E-state index contributed by atoms with van der Waals surface area (Å²) in [6.45, 7) is 3.21. The Morgan fingerprint density at radius 1 is 0.714 bits per heavy atom. The summed E-state index contributed by atoms with van der Waals surface area (Å²) < 4.78 is 43.0. The van der Waals surface area contributed by atoms with E-state index in [-0.39, 0.29) is 28.8 Å². The molecule has 49 heavy (non-hydrogen) atoms. The molecule has 2 aromatic rings. The van der Waals surface area contributed by atoms with Gasteiger partial charge >= 0.3 is 23.9 Å². The SMILES string of the molecule is COC(=O)[C@H]1O[C@@H](Oc2ccc(/C=C/C(O)=CC(=O)/C=C/c3ccc(O)c(OC)c3)cc2OC)[C@H](OC(C)=O)[C@@H](OC(C)=O)[C@@H]1OC(C)=O. The van der Waals surface area contributed by atoms with Gasteiger partial charge in [-0.3, -0.25) is 19.2 Å². The summed E-state index contributed by atoms with van der Waals surface area (Å²) in [5.41, 5.74) is 1.08. The number of aliphatic hydroxyl groups excluding tert-OH is 1. The minimum Gasteiger partial charge on any atom is -0.508 e. The number of aliphatic hydroxyl groups is 1. The van der Waals surface area contributed by atoms with E-state index in [1.54, 1.807) is 12.1 Å². The minimum atomic E-state index is -1.65. The normalized spacial score (nSPS) is 20.7. The third-order valence-corrected chi connectivity index (χ3v) is 6.65. The van der Waals surface area contributed by atoms with E-state index in [9.17, 15) is 34.2 Å². The maximum Gasteiger partial charge on any atom is 0.339 e. The van der Waals surface area contributed by atoms with E-state index in [0.717, 1.165) is 34.0 Å². The molecular weight excluding hydrogens is 648 g/mol. The monoisotopic (exact) mass is 684 g/mol. The van der Waals surface area contributed by atoms with Gasteiger partial charge in [0.05, 0.1) is 21.3 Å². The van der Waals surface area contributed by atoms with E-state index in [0.29, 0.717) is 11.1 Å². The number of esters is 4. The predicted molar refractivity (Wildman–Crippen MR) is 169 cm³/mol. The molecule has 1 aliphatic rings. The number of hydrogen-bond acceptors (Lipinski definition) is 15.